The maximum Gasteiger partial charge on any atom is 0.123 e. The van der Waals surface area contributed by atoms with E-state index in [4.69, 9.17) is 0 Å². The minimum Gasteiger partial charge on any atom is -0.330 e. The van der Waals surface area contributed by atoms with Crippen LogP contribution < -0.4 is 0 Å². The molecule has 0 spiro atoms. The van der Waals surface area contributed by atoms with Gasteiger partial charge in [-0.1, -0.05) is 6.07 Å². The topological polar surface area (TPSA) is 17.8 Å². The van der Waals surface area contributed by atoms with Gasteiger partial charge in [0.25, 0.3) is 0 Å². The van der Waals surface area contributed by atoms with Gasteiger partial charge < -0.3 is 4.57 Å². The maximum atomic E-state index is 13.1. The first-order chi connectivity index (χ1) is 8.74. The number of halogens is 1. The van der Waals surface area contributed by atoms with Crippen molar-refractivity contribution >= 4 is 0 Å². The van der Waals surface area contributed by atoms with Crippen LogP contribution in [-0.2, 0) is 19.4 Å². The molecule has 3 heteroatoms. The van der Waals surface area contributed by atoms with Gasteiger partial charge in [-0.15, -0.1) is 0 Å². The molecule has 0 amide bonds. The molecule has 0 saturated heterocycles. The highest BCUT2D eigenvalue weighted by Crippen LogP contribution is 2.21. The van der Waals surface area contributed by atoms with E-state index in [9.17, 15) is 4.39 Å². The van der Waals surface area contributed by atoms with Crippen LogP contribution in [0, 0.1) is 12.7 Å². The van der Waals surface area contributed by atoms with Crippen molar-refractivity contribution in [2.45, 2.75) is 39.2 Å². The summed E-state index contributed by atoms with van der Waals surface area (Å²) in [5, 5.41) is 0. The molecule has 0 N–H and O–H groups in total. The minimum absolute atomic E-state index is 0.163. The molecule has 0 bridgehead atoms. The normalized spacial score (nSPS) is 14.6. The van der Waals surface area contributed by atoms with E-state index in [-0.39, 0.29) is 5.82 Å². The number of aryl methyl sites for hydroxylation is 2. The first kappa shape index (κ1) is 11.5. The number of fused-ring (bicyclic) bond motifs is 1. The molecule has 0 aliphatic heterocycles. The average molecular weight is 244 g/mol. The number of rotatable bonds is 2. The van der Waals surface area contributed by atoms with E-state index in [0.717, 1.165) is 24.9 Å². The Morgan fingerprint density at radius 3 is 2.94 bits per heavy atom. The second kappa shape index (κ2) is 4.56. The number of imidazole rings is 1. The lowest BCUT2D eigenvalue weighted by molar-refractivity contribution is 0.618. The molecule has 3 rings (SSSR count). The molecule has 1 aromatic carbocycles. The summed E-state index contributed by atoms with van der Waals surface area (Å²) in [6, 6.07) is 5.00. The van der Waals surface area contributed by atoms with Gasteiger partial charge in [0, 0.05) is 12.2 Å². The molecule has 0 atom stereocenters. The van der Waals surface area contributed by atoms with E-state index in [1.54, 1.807) is 6.07 Å². The Hall–Kier alpha value is -1.64. The van der Waals surface area contributed by atoms with Gasteiger partial charge in [0.1, 0.15) is 5.82 Å². The highest BCUT2D eigenvalue weighted by Gasteiger charge is 2.15. The Morgan fingerprint density at radius 1 is 1.28 bits per heavy atom. The van der Waals surface area contributed by atoms with E-state index < -0.39 is 0 Å². The third-order valence-electron chi connectivity index (χ3n) is 3.76. The van der Waals surface area contributed by atoms with Crippen molar-refractivity contribution in [1.29, 1.82) is 0 Å². The number of hydrogen-bond acceptors (Lipinski definition) is 1. The van der Waals surface area contributed by atoms with Gasteiger partial charge in [0.2, 0.25) is 0 Å². The first-order valence-corrected chi connectivity index (χ1v) is 6.52. The molecule has 18 heavy (non-hydrogen) atoms. The third-order valence-corrected chi connectivity index (χ3v) is 3.76. The second-order valence-corrected chi connectivity index (χ2v) is 5.04. The summed E-state index contributed by atoms with van der Waals surface area (Å²) in [6.07, 6.45) is 6.65. The number of hydrogen-bond donors (Lipinski definition) is 0. The zero-order valence-electron chi connectivity index (χ0n) is 10.6. The lowest BCUT2D eigenvalue weighted by Gasteiger charge is -2.15. The first-order valence-electron chi connectivity index (χ1n) is 6.52. The van der Waals surface area contributed by atoms with Crippen LogP contribution >= 0.6 is 0 Å². The quantitative estimate of drug-likeness (QED) is 0.793. The van der Waals surface area contributed by atoms with Crippen LogP contribution in [0.5, 0.6) is 0 Å². The van der Waals surface area contributed by atoms with Crippen molar-refractivity contribution in [3.8, 4) is 0 Å². The molecule has 1 aromatic heterocycles. The maximum absolute atomic E-state index is 13.1. The van der Waals surface area contributed by atoms with Gasteiger partial charge in [-0.05, 0) is 55.9 Å². The monoisotopic (exact) mass is 244 g/mol. The molecule has 94 valence electrons. The summed E-state index contributed by atoms with van der Waals surface area (Å²) in [5.41, 5.74) is 4.79. The number of benzene rings is 1. The molecular weight excluding hydrogens is 227 g/mol. The Labute approximate surface area is 106 Å². The second-order valence-electron chi connectivity index (χ2n) is 5.04. The van der Waals surface area contributed by atoms with Crippen LogP contribution in [0.1, 0.15) is 35.4 Å². The Bertz CT molecular complexity index is 572. The van der Waals surface area contributed by atoms with Gasteiger partial charge in [-0.25, -0.2) is 9.37 Å². The van der Waals surface area contributed by atoms with Gasteiger partial charge in [-0.2, -0.15) is 0 Å². The van der Waals surface area contributed by atoms with E-state index in [1.807, 2.05) is 19.3 Å². The summed E-state index contributed by atoms with van der Waals surface area (Å²) in [4.78, 5) is 4.49. The van der Waals surface area contributed by atoms with E-state index in [0.29, 0.717) is 0 Å². The lowest BCUT2D eigenvalue weighted by Crippen LogP contribution is -2.09. The van der Waals surface area contributed by atoms with Crippen molar-refractivity contribution in [3.63, 3.8) is 0 Å². The minimum atomic E-state index is -0.163. The molecule has 1 aliphatic carbocycles. The summed E-state index contributed by atoms with van der Waals surface area (Å²) in [7, 11) is 0. The van der Waals surface area contributed by atoms with Gasteiger partial charge in [0.05, 0.1) is 12.0 Å². The standard InChI is InChI=1S/C15H17FN2/c1-11-8-13(16)7-6-12(11)9-18-10-17-14-4-2-3-5-15(14)18/h6-8,10H,2-5,9H2,1H3. The fraction of sp³-hybridized carbons (Fsp3) is 0.400. The van der Waals surface area contributed by atoms with Crippen molar-refractivity contribution in [2.24, 2.45) is 0 Å². The number of nitrogens with zero attached hydrogens (tertiary/aromatic N) is 2. The predicted molar refractivity (Wildman–Crippen MR) is 69.1 cm³/mol. The van der Waals surface area contributed by atoms with Crippen LogP contribution in [0.15, 0.2) is 24.5 Å². The van der Waals surface area contributed by atoms with Crippen molar-refractivity contribution < 1.29 is 4.39 Å². The fourth-order valence-corrected chi connectivity index (χ4v) is 2.69. The lowest BCUT2D eigenvalue weighted by atomic mass is 10.0. The largest absolute Gasteiger partial charge is 0.330 e. The Morgan fingerprint density at radius 2 is 2.11 bits per heavy atom. The molecule has 0 unspecified atom stereocenters. The van der Waals surface area contributed by atoms with Crippen molar-refractivity contribution in [3.05, 3.63) is 52.9 Å². The SMILES string of the molecule is Cc1cc(F)ccc1Cn1cnc2c1CCCC2. The van der Waals surface area contributed by atoms with Gasteiger partial charge in [-0.3, -0.25) is 0 Å². The van der Waals surface area contributed by atoms with Crippen LogP contribution in [0.25, 0.3) is 0 Å². The summed E-state index contributed by atoms with van der Waals surface area (Å²) in [6.45, 7) is 2.76. The van der Waals surface area contributed by atoms with E-state index >= 15 is 0 Å². The highest BCUT2D eigenvalue weighted by molar-refractivity contribution is 5.28. The van der Waals surface area contributed by atoms with Crippen LogP contribution in [0.4, 0.5) is 4.39 Å². The Balaban J connectivity index is 1.90. The smallest absolute Gasteiger partial charge is 0.123 e. The molecule has 0 radical (unpaired) electrons. The predicted octanol–water partition coefficient (Wildman–Crippen LogP) is 3.26. The number of aromatic nitrogens is 2. The molecule has 1 heterocycles. The fourth-order valence-electron chi connectivity index (χ4n) is 2.69. The summed E-state index contributed by atoms with van der Waals surface area (Å²) >= 11 is 0. The van der Waals surface area contributed by atoms with Crippen LogP contribution in [0.2, 0.25) is 0 Å². The zero-order chi connectivity index (χ0) is 12.5. The third kappa shape index (κ3) is 2.05. The molecule has 1 aliphatic rings. The molecule has 0 saturated carbocycles. The van der Waals surface area contributed by atoms with E-state index in [1.165, 1.54) is 35.9 Å². The summed E-state index contributed by atoms with van der Waals surface area (Å²) < 4.78 is 15.3. The zero-order valence-corrected chi connectivity index (χ0v) is 10.6. The van der Waals surface area contributed by atoms with Crippen molar-refractivity contribution in [2.75, 3.05) is 0 Å². The van der Waals surface area contributed by atoms with Gasteiger partial charge >= 0.3 is 0 Å². The average Bonchev–Trinajstić information content (AvgIpc) is 2.76. The molecular formula is C15H17FN2. The molecule has 0 fully saturated rings. The molecule has 2 aromatic rings. The van der Waals surface area contributed by atoms with Gasteiger partial charge in [0.15, 0.2) is 0 Å². The molecule has 2 nitrogen and oxygen atoms in total. The highest BCUT2D eigenvalue weighted by atomic mass is 19.1. The van der Waals surface area contributed by atoms with Crippen LogP contribution in [-0.4, -0.2) is 9.55 Å². The van der Waals surface area contributed by atoms with E-state index in [2.05, 4.69) is 9.55 Å². The summed E-state index contributed by atoms with van der Waals surface area (Å²) in [5.74, 6) is -0.163. The Kier molecular flexibility index (Phi) is 2.90. The van der Waals surface area contributed by atoms with Crippen molar-refractivity contribution in [1.82, 2.24) is 9.55 Å². The van der Waals surface area contributed by atoms with Crippen LogP contribution in [0.3, 0.4) is 0 Å².